The summed E-state index contributed by atoms with van der Waals surface area (Å²) in [5.41, 5.74) is 0.969. The van der Waals surface area contributed by atoms with Crippen molar-refractivity contribution in [1.82, 2.24) is 14.6 Å². The van der Waals surface area contributed by atoms with Gasteiger partial charge >= 0.3 is 0 Å². The molecule has 0 bridgehead atoms. The monoisotopic (exact) mass is 191 g/mol. The van der Waals surface area contributed by atoms with E-state index in [-0.39, 0.29) is 5.78 Å². The van der Waals surface area contributed by atoms with Crippen molar-refractivity contribution >= 4 is 11.4 Å². The van der Waals surface area contributed by atoms with Crippen LogP contribution in [0.5, 0.6) is 5.75 Å². The Labute approximate surface area is 80.3 Å². The van der Waals surface area contributed by atoms with Gasteiger partial charge in [0.1, 0.15) is 0 Å². The normalized spacial score (nSPS) is 10.4. The highest BCUT2D eigenvalue weighted by Gasteiger charge is 2.11. The van der Waals surface area contributed by atoms with Gasteiger partial charge in [0.15, 0.2) is 22.9 Å². The van der Waals surface area contributed by atoms with Crippen LogP contribution in [0.15, 0.2) is 18.5 Å². The fourth-order valence-electron chi connectivity index (χ4n) is 1.24. The number of hydrogen-bond donors (Lipinski definition) is 0. The van der Waals surface area contributed by atoms with Crippen molar-refractivity contribution in [3.05, 3.63) is 24.2 Å². The van der Waals surface area contributed by atoms with Gasteiger partial charge in [-0.1, -0.05) is 0 Å². The molecule has 5 nitrogen and oxygen atoms in total. The molecule has 0 spiro atoms. The predicted molar refractivity (Wildman–Crippen MR) is 49.5 cm³/mol. The predicted octanol–water partition coefficient (Wildman–Crippen LogP) is 0.940. The molecule has 0 unspecified atom stereocenters. The molecule has 0 amide bonds. The van der Waals surface area contributed by atoms with Crippen LogP contribution < -0.4 is 4.74 Å². The highest BCUT2D eigenvalue weighted by molar-refractivity contribution is 5.95. The second kappa shape index (κ2) is 3.10. The van der Waals surface area contributed by atoms with Crippen LogP contribution in [-0.4, -0.2) is 27.5 Å². The SMILES string of the molecule is COc1cn2nccc2nc1C(C)=O. The van der Waals surface area contributed by atoms with Crippen LogP contribution >= 0.6 is 0 Å². The molecule has 0 aliphatic rings. The van der Waals surface area contributed by atoms with Gasteiger partial charge in [0.2, 0.25) is 0 Å². The van der Waals surface area contributed by atoms with E-state index in [1.807, 2.05) is 0 Å². The fraction of sp³-hybridized carbons (Fsp3) is 0.222. The van der Waals surface area contributed by atoms with E-state index in [4.69, 9.17) is 4.74 Å². The third-order valence-corrected chi connectivity index (χ3v) is 1.90. The summed E-state index contributed by atoms with van der Waals surface area (Å²) in [5, 5.41) is 3.99. The largest absolute Gasteiger partial charge is 0.493 e. The second-order valence-corrected chi connectivity index (χ2v) is 2.85. The molecule has 14 heavy (non-hydrogen) atoms. The van der Waals surface area contributed by atoms with Gasteiger partial charge in [0.25, 0.3) is 0 Å². The summed E-state index contributed by atoms with van der Waals surface area (Å²) >= 11 is 0. The third-order valence-electron chi connectivity index (χ3n) is 1.90. The van der Waals surface area contributed by atoms with Crippen LogP contribution in [0.1, 0.15) is 17.4 Å². The van der Waals surface area contributed by atoms with Crippen molar-refractivity contribution in [2.45, 2.75) is 6.92 Å². The number of hydrogen-bond acceptors (Lipinski definition) is 4. The van der Waals surface area contributed by atoms with Gasteiger partial charge in [0.05, 0.1) is 19.5 Å². The molecule has 0 saturated carbocycles. The van der Waals surface area contributed by atoms with E-state index in [1.165, 1.54) is 14.0 Å². The number of carbonyl (C=O) groups excluding carboxylic acids is 1. The first-order valence-electron chi connectivity index (χ1n) is 4.11. The fourth-order valence-corrected chi connectivity index (χ4v) is 1.24. The molecule has 0 radical (unpaired) electrons. The minimum atomic E-state index is -0.120. The maximum atomic E-state index is 11.2. The van der Waals surface area contributed by atoms with Gasteiger partial charge in [-0.15, -0.1) is 0 Å². The maximum absolute atomic E-state index is 11.2. The molecule has 2 aromatic heterocycles. The number of Topliss-reactive ketones (excluding diaryl/α,β-unsaturated/α-hetero) is 1. The Morgan fingerprint density at radius 3 is 3.00 bits per heavy atom. The Balaban J connectivity index is 2.72. The Hall–Kier alpha value is -1.91. The Kier molecular flexibility index (Phi) is 1.92. The highest BCUT2D eigenvalue weighted by Crippen LogP contribution is 2.16. The third kappa shape index (κ3) is 1.22. The number of ether oxygens (including phenoxy) is 1. The molecule has 0 aliphatic heterocycles. The molecule has 72 valence electrons. The zero-order valence-electron chi connectivity index (χ0n) is 7.89. The van der Waals surface area contributed by atoms with Crippen molar-refractivity contribution in [2.24, 2.45) is 0 Å². The molecule has 0 atom stereocenters. The van der Waals surface area contributed by atoms with E-state index in [0.29, 0.717) is 17.1 Å². The van der Waals surface area contributed by atoms with Crippen LogP contribution in [0.25, 0.3) is 5.65 Å². The lowest BCUT2D eigenvalue weighted by Gasteiger charge is -2.04. The lowest BCUT2D eigenvalue weighted by molar-refractivity contribution is 0.101. The molecule has 0 saturated heterocycles. The molecule has 0 aliphatic carbocycles. The first-order chi connectivity index (χ1) is 6.72. The number of ketones is 1. The molecule has 2 rings (SSSR count). The van der Waals surface area contributed by atoms with Crippen molar-refractivity contribution in [2.75, 3.05) is 7.11 Å². The number of nitrogens with zero attached hydrogens (tertiary/aromatic N) is 3. The average Bonchev–Trinajstić information content (AvgIpc) is 2.62. The number of rotatable bonds is 2. The summed E-state index contributed by atoms with van der Waals surface area (Å²) in [4.78, 5) is 15.3. The van der Waals surface area contributed by atoms with E-state index in [9.17, 15) is 4.79 Å². The Morgan fingerprint density at radius 1 is 1.57 bits per heavy atom. The van der Waals surface area contributed by atoms with Crippen LogP contribution in [-0.2, 0) is 0 Å². The zero-order valence-corrected chi connectivity index (χ0v) is 7.89. The van der Waals surface area contributed by atoms with Crippen LogP contribution in [0.3, 0.4) is 0 Å². The first-order valence-corrected chi connectivity index (χ1v) is 4.11. The lowest BCUT2D eigenvalue weighted by Crippen LogP contribution is -2.04. The number of carbonyl (C=O) groups is 1. The lowest BCUT2D eigenvalue weighted by atomic mass is 10.3. The quantitative estimate of drug-likeness (QED) is 0.663. The van der Waals surface area contributed by atoms with Crippen molar-refractivity contribution < 1.29 is 9.53 Å². The highest BCUT2D eigenvalue weighted by atomic mass is 16.5. The molecule has 0 aromatic carbocycles. The summed E-state index contributed by atoms with van der Waals surface area (Å²) in [6, 6.07) is 1.73. The molecular weight excluding hydrogens is 182 g/mol. The molecule has 2 aromatic rings. The van der Waals surface area contributed by atoms with E-state index in [0.717, 1.165) is 0 Å². The molecule has 5 heteroatoms. The first kappa shape index (κ1) is 8.68. The number of methoxy groups -OCH3 is 1. The summed E-state index contributed by atoms with van der Waals surface area (Å²) in [7, 11) is 1.50. The summed E-state index contributed by atoms with van der Waals surface area (Å²) in [6.07, 6.45) is 3.25. The molecule has 2 heterocycles. The van der Waals surface area contributed by atoms with Gasteiger partial charge in [-0.05, 0) is 0 Å². The minimum Gasteiger partial charge on any atom is -0.493 e. The van der Waals surface area contributed by atoms with Crippen LogP contribution in [0.4, 0.5) is 0 Å². The van der Waals surface area contributed by atoms with E-state index < -0.39 is 0 Å². The maximum Gasteiger partial charge on any atom is 0.182 e. The summed E-state index contributed by atoms with van der Waals surface area (Å²) in [6.45, 7) is 1.46. The smallest absolute Gasteiger partial charge is 0.182 e. The van der Waals surface area contributed by atoms with Crippen LogP contribution in [0, 0.1) is 0 Å². The van der Waals surface area contributed by atoms with Gasteiger partial charge in [-0.25, -0.2) is 9.50 Å². The van der Waals surface area contributed by atoms with Gasteiger partial charge in [-0.2, -0.15) is 5.10 Å². The van der Waals surface area contributed by atoms with Crippen molar-refractivity contribution in [3.8, 4) is 5.75 Å². The van der Waals surface area contributed by atoms with E-state index in [1.54, 1.807) is 23.0 Å². The van der Waals surface area contributed by atoms with E-state index in [2.05, 4.69) is 10.1 Å². The Morgan fingerprint density at radius 2 is 2.36 bits per heavy atom. The standard InChI is InChI=1S/C9H9N3O2/c1-6(13)9-7(14-2)5-12-8(11-9)3-4-10-12/h3-5H,1-2H3. The van der Waals surface area contributed by atoms with E-state index >= 15 is 0 Å². The average molecular weight is 191 g/mol. The van der Waals surface area contributed by atoms with Gasteiger partial charge in [-0.3, -0.25) is 4.79 Å². The van der Waals surface area contributed by atoms with Crippen molar-refractivity contribution in [3.63, 3.8) is 0 Å². The number of aromatic nitrogens is 3. The topological polar surface area (TPSA) is 56.5 Å². The van der Waals surface area contributed by atoms with Crippen molar-refractivity contribution in [1.29, 1.82) is 0 Å². The van der Waals surface area contributed by atoms with Crippen LogP contribution in [0.2, 0.25) is 0 Å². The van der Waals surface area contributed by atoms with Gasteiger partial charge < -0.3 is 4.74 Å². The molecular formula is C9H9N3O2. The minimum absolute atomic E-state index is 0.120. The zero-order chi connectivity index (χ0) is 10.1. The van der Waals surface area contributed by atoms with Gasteiger partial charge in [0, 0.05) is 13.0 Å². The Bertz CT molecular complexity index is 490. The number of fused-ring (bicyclic) bond motifs is 1. The molecule has 0 fully saturated rings. The second-order valence-electron chi connectivity index (χ2n) is 2.85. The molecule has 0 N–H and O–H groups in total. The summed E-state index contributed by atoms with van der Waals surface area (Å²) in [5.74, 6) is 0.319. The summed E-state index contributed by atoms with van der Waals surface area (Å²) < 4.78 is 6.60.